The Morgan fingerprint density at radius 2 is 2.00 bits per heavy atom. The van der Waals surface area contributed by atoms with Crippen LogP contribution in [0.1, 0.15) is 27.7 Å². The Kier molecular flexibility index (Phi) is 4.42. The largest absolute Gasteiger partial charge is 0.397 e. The minimum atomic E-state index is -0.337. The highest BCUT2D eigenvalue weighted by Gasteiger charge is 2.22. The summed E-state index contributed by atoms with van der Waals surface area (Å²) >= 11 is 3.16. The summed E-state index contributed by atoms with van der Waals surface area (Å²) in [6, 6.07) is 3.01. The van der Waals surface area contributed by atoms with Gasteiger partial charge in [-0.1, -0.05) is 27.7 Å². The van der Waals surface area contributed by atoms with Crippen LogP contribution in [0.15, 0.2) is 16.6 Å². The highest BCUT2D eigenvalue weighted by Crippen LogP contribution is 2.30. The first-order valence-electron chi connectivity index (χ1n) is 5.72. The maximum atomic E-state index is 13.2. The van der Waals surface area contributed by atoms with Crippen LogP contribution < -0.4 is 11.1 Å². The lowest BCUT2D eigenvalue weighted by Gasteiger charge is -2.30. The van der Waals surface area contributed by atoms with Gasteiger partial charge in [0.2, 0.25) is 0 Å². The zero-order valence-electron chi connectivity index (χ0n) is 10.8. The average molecular weight is 303 g/mol. The number of benzene rings is 1. The summed E-state index contributed by atoms with van der Waals surface area (Å²) < 4.78 is 13.6. The van der Waals surface area contributed by atoms with E-state index in [-0.39, 0.29) is 11.2 Å². The molecule has 1 rings (SSSR count). The van der Waals surface area contributed by atoms with Gasteiger partial charge in [-0.2, -0.15) is 0 Å². The molecule has 1 aromatic rings. The summed E-state index contributed by atoms with van der Waals surface area (Å²) in [5.41, 5.74) is 7.14. The molecule has 0 aliphatic heterocycles. The topological polar surface area (TPSA) is 38.0 Å². The maximum Gasteiger partial charge on any atom is 0.139 e. The third-order valence-corrected chi connectivity index (χ3v) is 4.00. The molecular weight excluding hydrogens is 283 g/mol. The smallest absolute Gasteiger partial charge is 0.139 e. The third-order valence-electron chi connectivity index (χ3n) is 3.39. The number of rotatable bonds is 4. The van der Waals surface area contributed by atoms with E-state index in [1.165, 1.54) is 6.07 Å². The van der Waals surface area contributed by atoms with Gasteiger partial charge in [0.25, 0.3) is 0 Å². The van der Waals surface area contributed by atoms with Gasteiger partial charge in [-0.25, -0.2) is 4.39 Å². The molecule has 0 aliphatic carbocycles. The fourth-order valence-corrected chi connectivity index (χ4v) is 1.59. The molecule has 0 aromatic heterocycles. The SMILES string of the molecule is CC(C)C(C)(C)CNc1cc(Br)c(F)cc1N. The number of nitrogens with two attached hydrogens (primary N) is 1. The van der Waals surface area contributed by atoms with Gasteiger partial charge in [0.15, 0.2) is 0 Å². The van der Waals surface area contributed by atoms with Crippen molar-refractivity contribution in [3.63, 3.8) is 0 Å². The fourth-order valence-electron chi connectivity index (χ4n) is 1.24. The van der Waals surface area contributed by atoms with Crippen molar-refractivity contribution in [3.05, 3.63) is 22.4 Å². The number of hydrogen-bond acceptors (Lipinski definition) is 2. The van der Waals surface area contributed by atoms with Crippen molar-refractivity contribution in [2.45, 2.75) is 27.7 Å². The lowest BCUT2D eigenvalue weighted by Crippen LogP contribution is -2.28. The quantitative estimate of drug-likeness (QED) is 0.815. The molecule has 17 heavy (non-hydrogen) atoms. The summed E-state index contributed by atoms with van der Waals surface area (Å²) in [4.78, 5) is 0. The van der Waals surface area contributed by atoms with Crippen molar-refractivity contribution in [2.24, 2.45) is 11.3 Å². The van der Waals surface area contributed by atoms with Gasteiger partial charge < -0.3 is 11.1 Å². The molecule has 1 aromatic carbocycles. The molecule has 3 N–H and O–H groups in total. The molecule has 0 radical (unpaired) electrons. The minimum absolute atomic E-state index is 0.160. The average Bonchev–Trinajstić information content (AvgIpc) is 2.21. The van der Waals surface area contributed by atoms with E-state index < -0.39 is 0 Å². The normalized spacial score (nSPS) is 11.9. The van der Waals surface area contributed by atoms with Crippen molar-refractivity contribution >= 4 is 27.3 Å². The highest BCUT2D eigenvalue weighted by molar-refractivity contribution is 9.10. The van der Waals surface area contributed by atoms with E-state index >= 15 is 0 Å². The summed E-state index contributed by atoms with van der Waals surface area (Å²) in [5, 5.41) is 3.28. The minimum Gasteiger partial charge on any atom is -0.397 e. The Morgan fingerprint density at radius 3 is 2.53 bits per heavy atom. The van der Waals surface area contributed by atoms with E-state index in [0.29, 0.717) is 16.1 Å². The first kappa shape index (κ1) is 14.3. The second-order valence-corrected chi connectivity index (χ2v) is 6.20. The molecule has 0 unspecified atom stereocenters. The van der Waals surface area contributed by atoms with Crippen LogP contribution in [-0.4, -0.2) is 6.54 Å². The molecule has 0 atom stereocenters. The van der Waals surface area contributed by atoms with Gasteiger partial charge in [0, 0.05) is 12.6 Å². The lowest BCUT2D eigenvalue weighted by molar-refractivity contribution is 0.270. The van der Waals surface area contributed by atoms with Crippen LogP contribution >= 0.6 is 15.9 Å². The van der Waals surface area contributed by atoms with Crippen LogP contribution in [0.4, 0.5) is 15.8 Å². The van der Waals surface area contributed by atoms with Crippen molar-refractivity contribution in [2.75, 3.05) is 17.6 Å². The molecule has 2 nitrogen and oxygen atoms in total. The first-order chi connectivity index (χ1) is 7.74. The molecule has 0 fully saturated rings. The second-order valence-electron chi connectivity index (χ2n) is 5.35. The standard InChI is InChI=1S/C13H20BrFN2/c1-8(2)13(3,4)7-17-12-5-9(14)10(15)6-11(12)16/h5-6,8,17H,7,16H2,1-4H3. The summed E-state index contributed by atoms with van der Waals surface area (Å²) in [7, 11) is 0. The molecule has 0 saturated carbocycles. The van der Waals surface area contributed by atoms with Gasteiger partial charge in [0.05, 0.1) is 15.8 Å². The van der Waals surface area contributed by atoms with Crippen LogP contribution in [0.5, 0.6) is 0 Å². The van der Waals surface area contributed by atoms with Gasteiger partial charge in [-0.15, -0.1) is 0 Å². The number of hydrogen-bond donors (Lipinski definition) is 2. The Bertz CT molecular complexity index is 403. The van der Waals surface area contributed by atoms with Crippen molar-refractivity contribution in [1.82, 2.24) is 0 Å². The Morgan fingerprint density at radius 1 is 1.41 bits per heavy atom. The molecule has 0 amide bonds. The van der Waals surface area contributed by atoms with E-state index in [1.54, 1.807) is 6.07 Å². The van der Waals surface area contributed by atoms with Crippen LogP contribution in [0.2, 0.25) is 0 Å². The predicted molar refractivity (Wildman–Crippen MR) is 75.6 cm³/mol. The summed E-state index contributed by atoms with van der Waals surface area (Å²) in [6.07, 6.45) is 0. The number of anilines is 2. The Balaban J connectivity index is 2.80. The monoisotopic (exact) mass is 302 g/mol. The van der Waals surface area contributed by atoms with E-state index in [9.17, 15) is 4.39 Å². The number of halogens is 2. The van der Waals surface area contributed by atoms with E-state index in [1.807, 2.05) is 0 Å². The molecule has 0 spiro atoms. The molecular formula is C13H20BrFN2. The van der Waals surface area contributed by atoms with E-state index in [2.05, 4.69) is 48.9 Å². The maximum absolute atomic E-state index is 13.2. The Labute approximate surface area is 111 Å². The van der Waals surface area contributed by atoms with Crippen LogP contribution in [-0.2, 0) is 0 Å². The third kappa shape index (κ3) is 3.60. The van der Waals surface area contributed by atoms with E-state index in [0.717, 1.165) is 12.2 Å². The van der Waals surface area contributed by atoms with Gasteiger partial charge in [-0.3, -0.25) is 0 Å². The van der Waals surface area contributed by atoms with Gasteiger partial charge >= 0.3 is 0 Å². The molecule has 0 saturated heterocycles. The molecule has 4 heteroatoms. The van der Waals surface area contributed by atoms with Gasteiger partial charge in [0.1, 0.15) is 5.82 Å². The van der Waals surface area contributed by atoms with Crippen LogP contribution in [0.3, 0.4) is 0 Å². The fraction of sp³-hybridized carbons (Fsp3) is 0.538. The molecule has 0 heterocycles. The van der Waals surface area contributed by atoms with E-state index in [4.69, 9.17) is 5.73 Å². The molecule has 0 aliphatic rings. The lowest BCUT2D eigenvalue weighted by atomic mass is 9.81. The zero-order valence-corrected chi connectivity index (χ0v) is 12.4. The van der Waals surface area contributed by atoms with Crippen LogP contribution in [0, 0.1) is 17.2 Å². The predicted octanol–water partition coefficient (Wildman–Crippen LogP) is 4.26. The summed E-state index contributed by atoms with van der Waals surface area (Å²) in [6.45, 7) is 9.56. The molecule has 0 bridgehead atoms. The zero-order chi connectivity index (χ0) is 13.2. The Hall–Kier alpha value is -0.770. The summed E-state index contributed by atoms with van der Waals surface area (Å²) in [5.74, 6) is 0.219. The first-order valence-corrected chi connectivity index (χ1v) is 6.51. The second kappa shape index (κ2) is 5.25. The highest BCUT2D eigenvalue weighted by atomic mass is 79.9. The van der Waals surface area contributed by atoms with Crippen molar-refractivity contribution < 1.29 is 4.39 Å². The molecule has 96 valence electrons. The van der Waals surface area contributed by atoms with Crippen molar-refractivity contribution in [3.8, 4) is 0 Å². The van der Waals surface area contributed by atoms with Crippen molar-refractivity contribution in [1.29, 1.82) is 0 Å². The number of nitrogen functional groups attached to an aromatic ring is 1. The van der Waals surface area contributed by atoms with Crippen LogP contribution in [0.25, 0.3) is 0 Å². The number of nitrogens with one attached hydrogen (secondary N) is 1. The van der Waals surface area contributed by atoms with Gasteiger partial charge in [-0.05, 0) is 33.3 Å².